The van der Waals surface area contributed by atoms with Crippen LogP contribution in [-0.4, -0.2) is 17.8 Å². The number of rotatable bonds is 5. The van der Waals surface area contributed by atoms with Gasteiger partial charge in [0.25, 0.3) is 0 Å². The Labute approximate surface area is 65.7 Å². The molecule has 0 radical (unpaired) electrons. The average Bonchev–Trinajstić information content (AvgIpc) is 1.98. The van der Waals surface area contributed by atoms with E-state index in [1.165, 1.54) is 0 Å². The van der Waals surface area contributed by atoms with Crippen LogP contribution in [0.3, 0.4) is 0 Å². The molecule has 0 aliphatic rings. The predicted octanol–water partition coefficient (Wildman–Crippen LogP) is 1.12. The van der Waals surface area contributed by atoms with E-state index in [0.717, 1.165) is 6.29 Å². The molecule has 0 aromatic heterocycles. The number of nitrogens with zero attached hydrogens (tertiary/aromatic N) is 1. The maximum atomic E-state index is 10.3. The highest BCUT2D eigenvalue weighted by Crippen LogP contribution is 2.12. The van der Waals surface area contributed by atoms with E-state index in [9.17, 15) is 14.9 Å². The SMILES string of the molecule is CCC(C[N+](=O)[O-])C(C)C=O. The van der Waals surface area contributed by atoms with Crippen LogP contribution in [0.2, 0.25) is 0 Å². The fourth-order valence-electron chi connectivity index (χ4n) is 0.970. The number of carbonyl (C=O) groups excluding carboxylic acids is 1. The van der Waals surface area contributed by atoms with Gasteiger partial charge in [0.1, 0.15) is 6.29 Å². The van der Waals surface area contributed by atoms with Crippen molar-refractivity contribution < 1.29 is 9.72 Å². The van der Waals surface area contributed by atoms with Gasteiger partial charge in [-0.1, -0.05) is 13.8 Å². The summed E-state index contributed by atoms with van der Waals surface area (Å²) in [5.41, 5.74) is 0. The number of aldehydes is 1. The fraction of sp³-hybridized carbons (Fsp3) is 0.857. The van der Waals surface area contributed by atoms with Crippen molar-refractivity contribution in [2.45, 2.75) is 20.3 Å². The maximum absolute atomic E-state index is 10.3. The number of carbonyl (C=O) groups is 1. The van der Waals surface area contributed by atoms with Crippen molar-refractivity contribution in [1.29, 1.82) is 0 Å². The van der Waals surface area contributed by atoms with Gasteiger partial charge in [-0.15, -0.1) is 0 Å². The molecular formula is C7H13NO3. The van der Waals surface area contributed by atoms with Gasteiger partial charge in [-0.3, -0.25) is 10.1 Å². The summed E-state index contributed by atoms with van der Waals surface area (Å²) in [4.78, 5) is 20.0. The Morgan fingerprint density at radius 1 is 1.64 bits per heavy atom. The summed E-state index contributed by atoms with van der Waals surface area (Å²) in [5.74, 6) is -0.312. The summed E-state index contributed by atoms with van der Waals surface area (Å²) >= 11 is 0. The summed E-state index contributed by atoms with van der Waals surface area (Å²) in [6.07, 6.45) is 1.46. The maximum Gasteiger partial charge on any atom is 0.207 e. The zero-order chi connectivity index (χ0) is 8.85. The lowest BCUT2D eigenvalue weighted by atomic mass is 9.93. The third-order valence-electron chi connectivity index (χ3n) is 1.87. The zero-order valence-corrected chi connectivity index (χ0v) is 6.82. The highest BCUT2D eigenvalue weighted by atomic mass is 16.6. The van der Waals surface area contributed by atoms with Crippen LogP contribution in [0, 0.1) is 22.0 Å². The van der Waals surface area contributed by atoms with Crippen molar-refractivity contribution in [3.63, 3.8) is 0 Å². The van der Waals surface area contributed by atoms with Crippen LogP contribution in [0.15, 0.2) is 0 Å². The highest BCUT2D eigenvalue weighted by Gasteiger charge is 2.19. The van der Waals surface area contributed by atoms with Gasteiger partial charge in [0.05, 0.1) is 0 Å². The topological polar surface area (TPSA) is 60.2 Å². The average molecular weight is 159 g/mol. The molecule has 0 fully saturated rings. The Hall–Kier alpha value is -0.930. The smallest absolute Gasteiger partial charge is 0.207 e. The van der Waals surface area contributed by atoms with E-state index in [2.05, 4.69) is 0 Å². The normalized spacial score (nSPS) is 15.5. The Morgan fingerprint density at radius 2 is 2.18 bits per heavy atom. The molecule has 0 rings (SSSR count). The molecule has 4 heteroatoms. The second-order valence-electron chi connectivity index (χ2n) is 2.68. The van der Waals surface area contributed by atoms with Crippen molar-refractivity contribution in [3.05, 3.63) is 10.1 Å². The first-order chi connectivity index (χ1) is 5.11. The zero-order valence-electron chi connectivity index (χ0n) is 6.82. The van der Waals surface area contributed by atoms with Crippen molar-refractivity contribution in [3.8, 4) is 0 Å². The van der Waals surface area contributed by atoms with Crippen LogP contribution in [0.4, 0.5) is 0 Å². The molecule has 0 aromatic rings. The van der Waals surface area contributed by atoms with Crippen LogP contribution in [0.5, 0.6) is 0 Å². The van der Waals surface area contributed by atoms with Crippen molar-refractivity contribution >= 4 is 6.29 Å². The molecule has 0 spiro atoms. The number of hydrogen-bond donors (Lipinski definition) is 0. The first-order valence-corrected chi connectivity index (χ1v) is 3.68. The number of nitro groups is 1. The van der Waals surface area contributed by atoms with E-state index in [1.807, 2.05) is 6.92 Å². The lowest BCUT2D eigenvalue weighted by Crippen LogP contribution is -2.21. The quantitative estimate of drug-likeness (QED) is 0.343. The molecule has 4 nitrogen and oxygen atoms in total. The minimum Gasteiger partial charge on any atom is -0.303 e. The van der Waals surface area contributed by atoms with Gasteiger partial charge in [-0.2, -0.15) is 0 Å². The Kier molecular flexibility index (Phi) is 4.41. The molecule has 0 aliphatic carbocycles. The van der Waals surface area contributed by atoms with E-state index in [-0.39, 0.29) is 23.3 Å². The predicted molar refractivity (Wildman–Crippen MR) is 40.9 cm³/mol. The largest absolute Gasteiger partial charge is 0.303 e. The fourth-order valence-corrected chi connectivity index (χ4v) is 0.970. The molecule has 11 heavy (non-hydrogen) atoms. The van der Waals surface area contributed by atoms with Gasteiger partial charge >= 0.3 is 0 Å². The molecule has 0 saturated heterocycles. The van der Waals surface area contributed by atoms with Crippen molar-refractivity contribution in [2.24, 2.45) is 11.8 Å². The third-order valence-corrected chi connectivity index (χ3v) is 1.87. The molecule has 0 saturated carbocycles. The number of hydrogen-bond acceptors (Lipinski definition) is 3. The van der Waals surface area contributed by atoms with E-state index >= 15 is 0 Å². The van der Waals surface area contributed by atoms with Crippen LogP contribution < -0.4 is 0 Å². The molecule has 0 aliphatic heterocycles. The van der Waals surface area contributed by atoms with E-state index in [1.54, 1.807) is 6.92 Å². The minimum atomic E-state index is -0.367. The lowest BCUT2D eigenvalue weighted by Gasteiger charge is -2.11. The van der Waals surface area contributed by atoms with Gasteiger partial charge in [-0.05, 0) is 6.42 Å². The Balaban J connectivity index is 3.93. The molecule has 0 aromatic carbocycles. The summed E-state index contributed by atoms with van der Waals surface area (Å²) in [6, 6.07) is 0. The molecule has 2 unspecified atom stereocenters. The molecule has 0 amide bonds. The van der Waals surface area contributed by atoms with Crippen molar-refractivity contribution in [2.75, 3.05) is 6.54 Å². The second kappa shape index (κ2) is 4.82. The molecule has 0 N–H and O–H groups in total. The van der Waals surface area contributed by atoms with E-state index in [4.69, 9.17) is 0 Å². The van der Waals surface area contributed by atoms with Gasteiger partial charge in [0, 0.05) is 16.8 Å². The van der Waals surface area contributed by atoms with Gasteiger partial charge < -0.3 is 4.79 Å². The van der Waals surface area contributed by atoms with Crippen LogP contribution in [0.1, 0.15) is 20.3 Å². The summed E-state index contributed by atoms with van der Waals surface area (Å²) in [6.45, 7) is 3.47. The summed E-state index contributed by atoms with van der Waals surface area (Å²) in [7, 11) is 0. The monoisotopic (exact) mass is 159 g/mol. The van der Waals surface area contributed by atoms with Gasteiger partial charge in [-0.25, -0.2) is 0 Å². The van der Waals surface area contributed by atoms with Crippen LogP contribution in [0.25, 0.3) is 0 Å². The first-order valence-electron chi connectivity index (χ1n) is 3.68. The minimum absolute atomic E-state index is 0.101. The van der Waals surface area contributed by atoms with Crippen LogP contribution >= 0.6 is 0 Å². The molecule has 0 heterocycles. The first kappa shape index (κ1) is 10.1. The van der Waals surface area contributed by atoms with Crippen LogP contribution in [-0.2, 0) is 4.79 Å². The van der Waals surface area contributed by atoms with Gasteiger partial charge in [0.2, 0.25) is 6.54 Å². The Bertz CT molecular complexity index is 147. The van der Waals surface area contributed by atoms with Crippen molar-refractivity contribution in [1.82, 2.24) is 0 Å². The molecule has 64 valence electrons. The van der Waals surface area contributed by atoms with E-state index < -0.39 is 0 Å². The second-order valence-corrected chi connectivity index (χ2v) is 2.68. The Morgan fingerprint density at radius 3 is 2.45 bits per heavy atom. The molecular weight excluding hydrogens is 146 g/mol. The third kappa shape index (κ3) is 3.70. The molecule has 0 bridgehead atoms. The summed E-state index contributed by atoms with van der Waals surface area (Å²) < 4.78 is 0. The lowest BCUT2D eigenvalue weighted by molar-refractivity contribution is -0.489. The van der Waals surface area contributed by atoms with E-state index in [0.29, 0.717) is 6.42 Å². The standard InChI is InChI=1S/C7H13NO3/c1-3-7(4-8(10)11)6(2)5-9/h5-7H,3-4H2,1-2H3. The highest BCUT2D eigenvalue weighted by molar-refractivity contribution is 5.53. The molecule has 2 atom stereocenters. The van der Waals surface area contributed by atoms with Gasteiger partial charge in [0.15, 0.2) is 0 Å². The summed E-state index contributed by atoms with van der Waals surface area (Å²) in [5, 5.41) is 10.1.